The lowest BCUT2D eigenvalue weighted by Crippen LogP contribution is -2.33. The van der Waals surface area contributed by atoms with Crippen molar-refractivity contribution in [3.63, 3.8) is 0 Å². The molecule has 3 rings (SSSR count). The maximum atomic E-state index is 12.5. The van der Waals surface area contributed by atoms with Crippen molar-refractivity contribution in [1.29, 1.82) is 0 Å². The van der Waals surface area contributed by atoms with Crippen molar-refractivity contribution in [2.75, 3.05) is 25.0 Å². The molecule has 0 bridgehead atoms. The van der Waals surface area contributed by atoms with E-state index in [1.807, 2.05) is 51.1 Å². The van der Waals surface area contributed by atoms with Crippen LogP contribution in [0, 0.1) is 5.41 Å². The average Bonchev–Trinajstić information content (AvgIpc) is 3.15. The lowest BCUT2D eigenvalue weighted by atomic mass is 9.85. The van der Waals surface area contributed by atoms with Gasteiger partial charge in [-0.25, -0.2) is 9.80 Å². The summed E-state index contributed by atoms with van der Waals surface area (Å²) in [7, 11) is 1.65. The number of benzene rings is 1. The summed E-state index contributed by atoms with van der Waals surface area (Å²) in [6, 6.07) is 7.32. The fourth-order valence-electron chi connectivity index (χ4n) is 3.22. The predicted molar refractivity (Wildman–Crippen MR) is 110 cm³/mol. The lowest BCUT2D eigenvalue weighted by Gasteiger charge is -2.18. The van der Waals surface area contributed by atoms with Crippen molar-refractivity contribution < 1.29 is 19.1 Å². The zero-order chi connectivity index (χ0) is 21.3. The number of hydrazone groups is 1. The number of anilines is 1. The highest BCUT2D eigenvalue weighted by Gasteiger charge is 2.35. The highest BCUT2D eigenvalue weighted by Crippen LogP contribution is 2.29. The van der Waals surface area contributed by atoms with Crippen LogP contribution in [-0.4, -0.2) is 54.9 Å². The van der Waals surface area contributed by atoms with E-state index in [0.29, 0.717) is 17.8 Å². The minimum atomic E-state index is -0.443. The molecule has 0 radical (unpaired) electrons. The summed E-state index contributed by atoms with van der Waals surface area (Å²) in [4.78, 5) is 37.2. The minimum absolute atomic E-state index is 0.136. The second-order valence-corrected chi connectivity index (χ2v) is 8.23. The summed E-state index contributed by atoms with van der Waals surface area (Å²) in [5.74, 6) is -0.301. The van der Waals surface area contributed by atoms with E-state index in [4.69, 9.17) is 4.74 Å². The summed E-state index contributed by atoms with van der Waals surface area (Å²) in [6.45, 7) is 8.13. The molecule has 1 N–H and O–H groups in total. The van der Waals surface area contributed by atoms with E-state index in [0.717, 1.165) is 11.3 Å². The van der Waals surface area contributed by atoms with Crippen LogP contribution >= 0.6 is 0 Å². The van der Waals surface area contributed by atoms with Gasteiger partial charge in [-0.3, -0.25) is 14.5 Å². The van der Waals surface area contributed by atoms with Gasteiger partial charge in [0.05, 0.1) is 24.4 Å². The molecule has 3 amide bonds. The second-order valence-electron chi connectivity index (χ2n) is 8.23. The van der Waals surface area contributed by atoms with Crippen LogP contribution in [0.25, 0.3) is 6.08 Å². The van der Waals surface area contributed by atoms with Gasteiger partial charge in [-0.05, 0) is 23.8 Å². The van der Waals surface area contributed by atoms with Crippen LogP contribution in [-0.2, 0) is 14.3 Å². The fraction of sp³-hybridized carbons (Fsp3) is 0.429. The molecule has 1 atom stereocenters. The SMILES string of the molecule is CC(=O)NC[C@H]1CN(c2ccc(/C=C3\C(=O)N(C)N=C3C(C)(C)C)cc2)C(=O)O1. The van der Waals surface area contributed by atoms with Crippen LogP contribution in [0.4, 0.5) is 10.5 Å². The normalized spacial score (nSPS) is 20.9. The van der Waals surface area contributed by atoms with Gasteiger partial charge in [0.2, 0.25) is 5.91 Å². The molecule has 1 fully saturated rings. The van der Waals surface area contributed by atoms with Crippen molar-refractivity contribution in [2.45, 2.75) is 33.8 Å². The number of likely N-dealkylation sites (N-methyl/N-ethyl adjacent to an activating group) is 1. The van der Waals surface area contributed by atoms with E-state index in [9.17, 15) is 14.4 Å². The van der Waals surface area contributed by atoms with E-state index < -0.39 is 6.09 Å². The zero-order valence-corrected chi connectivity index (χ0v) is 17.4. The number of cyclic esters (lactones) is 1. The first-order chi connectivity index (χ1) is 13.6. The molecule has 0 saturated carbocycles. The van der Waals surface area contributed by atoms with Gasteiger partial charge in [0, 0.05) is 25.1 Å². The number of rotatable bonds is 4. The monoisotopic (exact) mass is 398 g/mol. The van der Waals surface area contributed by atoms with Crippen LogP contribution in [0.2, 0.25) is 0 Å². The third-order valence-electron chi connectivity index (χ3n) is 4.71. The van der Waals surface area contributed by atoms with Crippen LogP contribution in [0.5, 0.6) is 0 Å². The number of carbonyl (C=O) groups excluding carboxylic acids is 3. The zero-order valence-electron chi connectivity index (χ0n) is 17.4. The molecule has 2 aliphatic rings. The molecular formula is C21H26N4O4. The molecule has 0 spiro atoms. The molecule has 8 nitrogen and oxygen atoms in total. The Balaban J connectivity index is 1.76. The Kier molecular flexibility index (Phi) is 5.46. The number of nitrogens with zero attached hydrogens (tertiary/aromatic N) is 3. The number of hydrogen-bond acceptors (Lipinski definition) is 5. The molecule has 2 aliphatic heterocycles. The molecule has 2 heterocycles. The lowest BCUT2D eigenvalue weighted by molar-refractivity contribution is -0.124. The van der Waals surface area contributed by atoms with Gasteiger partial charge in [0.15, 0.2) is 0 Å². The Labute approximate surface area is 170 Å². The smallest absolute Gasteiger partial charge is 0.414 e. The largest absolute Gasteiger partial charge is 0.442 e. The predicted octanol–water partition coefficient (Wildman–Crippen LogP) is 2.41. The van der Waals surface area contributed by atoms with Crippen molar-refractivity contribution in [3.8, 4) is 0 Å². The summed E-state index contributed by atoms with van der Waals surface area (Å²) in [5.41, 5.74) is 2.60. The molecule has 0 aliphatic carbocycles. The summed E-state index contributed by atoms with van der Waals surface area (Å²) >= 11 is 0. The second kappa shape index (κ2) is 7.69. The van der Waals surface area contributed by atoms with Crippen molar-refractivity contribution >= 4 is 35.4 Å². The molecule has 0 aromatic heterocycles. The van der Waals surface area contributed by atoms with Crippen LogP contribution in [0.1, 0.15) is 33.3 Å². The summed E-state index contributed by atoms with van der Waals surface area (Å²) in [5, 5.41) is 8.39. The Bertz CT molecular complexity index is 896. The Morgan fingerprint density at radius 2 is 1.93 bits per heavy atom. The maximum absolute atomic E-state index is 12.5. The highest BCUT2D eigenvalue weighted by atomic mass is 16.6. The van der Waals surface area contributed by atoms with E-state index in [1.54, 1.807) is 7.05 Å². The van der Waals surface area contributed by atoms with E-state index >= 15 is 0 Å². The third kappa shape index (κ3) is 4.47. The molecule has 1 aromatic carbocycles. The van der Waals surface area contributed by atoms with Crippen molar-refractivity contribution in [1.82, 2.24) is 10.3 Å². The Morgan fingerprint density at radius 3 is 2.52 bits per heavy atom. The third-order valence-corrected chi connectivity index (χ3v) is 4.71. The van der Waals surface area contributed by atoms with E-state index in [2.05, 4.69) is 10.4 Å². The minimum Gasteiger partial charge on any atom is -0.442 e. The molecule has 0 unspecified atom stereocenters. The summed E-state index contributed by atoms with van der Waals surface area (Å²) in [6.07, 6.45) is 0.994. The molecule has 1 saturated heterocycles. The van der Waals surface area contributed by atoms with Crippen molar-refractivity contribution in [2.24, 2.45) is 10.5 Å². The van der Waals surface area contributed by atoms with Crippen molar-refractivity contribution in [3.05, 3.63) is 35.4 Å². The number of ether oxygens (including phenoxy) is 1. The molecule has 8 heteroatoms. The number of nitrogens with one attached hydrogen (secondary N) is 1. The highest BCUT2D eigenvalue weighted by molar-refractivity contribution is 6.28. The summed E-state index contributed by atoms with van der Waals surface area (Å²) < 4.78 is 5.29. The van der Waals surface area contributed by atoms with Gasteiger partial charge in [0.25, 0.3) is 5.91 Å². The van der Waals surface area contributed by atoms with Crippen LogP contribution in [0.3, 0.4) is 0 Å². The molecule has 29 heavy (non-hydrogen) atoms. The average molecular weight is 398 g/mol. The van der Waals surface area contributed by atoms with E-state index in [1.165, 1.54) is 16.8 Å². The van der Waals surface area contributed by atoms with Gasteiger partial charge in [0.1, 0.15) is 6.10 Å². The van der Waals surface area contributed by atoms with Gasteiger partial charge in [-0.1, -0.05) is 32.9 Å². The first-order valence-electron chi connectivity index (χ1n) is 9.48. The van der Waals surface area contributed by atoms with Crippen LogP contribution in [0.15, 0.2) is 34.9 Å². The molecular weight excluding hydrogens is 372 g/mol. The fourth-order valence-corrected chi connectivity index (χ4v) is 3.22. The van der Waals surface area contributed by atoms with Gasteiger partial charge in [-0.15, -0.1) is 0 Å². The quantitative estimate of drug-likeness (QED) is 0.789. The topological polar surface area (TPSA) is 91.3 Å². The number of amides is 3. The first-order valence-corrected chi connectivity index (χ1v) is 9.48. The standard InChI is InChI=1S/C21H26N4O4/c1-13(26)22-11-16-12-25(20(28)29-16)15-8-6-14(7-9-15)10-17-18(21(2,3)4)23-24(5)19(17)27/h6-10,16H,11-12H2,1-5H3,(H,22,26)/b17-10-/t16-/m0/s1. The number of carbonyl (C=O) groups is 3. The molecule has 1 aromatic rings. The Hall–Kier alpha value is -3.16. The maximum Gasteiger partial charge on any atom is 0.414 e. The molecule has 154 valence electrons. The Morgan fingerprint density at radius 1 is 1.28 bits per heavy atom. The first kappa shape index (κ1) is 20.6. The van der Waals surface area contributed by atoms with Gasteiger partial charge >= 0.3 is 6.09 Å². The van der Waals surface area contributed by atoms with Crippen LogP contribution < -0.4 is 10.2 Å². The van der Waals surface area contributed by atoms with Gasteiger partial charge < -0.3 is 10.1 Å². The van der Waals surface area contributed by atoms with Gasteiger partial charge in [-0.2, -0.15) is 5.10 Å². The van der Waals surface area contributed by atoms with E-state index in [-0.39, 0.29) is 29.9 Å². The number of hydrogen-bond donors (Lipinski definition) is 1.